The van der Waals surface area contributed by atoms with Crippen LogP contribution in [0.5, 0.6) is 5.75 Å². The largest absolute Gasteiger partial charge is 0.495 e. The molecule has 28 heavy (non-hydrogen) atoms. The molecule has 140 valence electrons. The molecule has 1 amide bonds. The maximum Gasteiger partial charge on any atom is 0.261 e. The average molecular weight is 376 g/mol. The minimum atomic E-state index is -0.340. The normalized spacial score (nSPS) is 10.6. The average Bonchev–Trinajstić information content (AvgIpc) is 3.38. The van der Waals surface area contributed by atoms with Crippen molar-refractivity contribution < 1.29 is 13.9 Å². The first-order valence-electron chi connectivity index (χ1n) is 8.59. The minimum absolute atomic E-state index is 0.332. The van der Waals surface area contributed by atoms with Crippen molar-refractivity contribution in [1.29, 1.82) is 0 Å². The molecular weight excluding hydrogens is 359 g/mol. The molecular formula is C21H17FN4O2. The van der Waals surface area contributed by atoms with Crippen molar-refractivity contribution in [2.75, 3.05) is 12.4 Å². The third kappa shape index (κ3) is 3.25. The molecule has 0 aliphatic heterocycles. The lowest BCUT2D eigenvalue weighted by Crippen LogP contribution is -2.15. The summed E-state index contributed by atoms with van der Waals surface area (Å²) in [5.74, 6) is 0.433. The number of ether oxygens (including phenoxy) is 1. The number of nitrogens with one attached hydrogen (secondary N) is 1. The second-order valence-electron chi connectivity index (χ2n) is 6.01. The molecule has 2 aromatic carbocycles. The highest BCUT2D eigenvalue weighted by Crippen LogP contribution is 2.26. The van der Waals surface area contributed by atoms with Crippen molar-refractivity contribution in [3.63, 3.8) is 0 Å². The van der Waals surface area contributed by atoms with E-state index in [4.69, 9.17) is 4.74 Å². The minimum Gasteiger partial charge on any atom is -0.495 e. The van der Waals surface area contributed by atoms with Gasteiger partial charge in [-0.3, -0.25) is 4.79 Å². The standard InChI is InChI=1S/C21H17FN4O2/c1-28-19-7-3-2-6-18(19)24-20(27)17-14-23-26(16-10-8-15(22)9-11-16)21(17)25-12-4-5-13-25/h2-14H,1H3,(H,24,27). The van der Waals surface area contributed by atoms with E-state index in [0.717, 1.165) is 0 Å². The molecule has 0 radical (unpaired) electrons. The van der Waals surface area contributed by atoms with Crippen LogP contribution < -0.4 is 10.1 Å². The Bertz CT molecular complexity index is 1100. The van der Waals surface area contributed by atoms with Crippen molar-refractivity contribution in [2.24, 2.45) is 0 Å². The summed E-state index contributed by atoms with van der Waals surface area (Å²) in [6, 6.07) is 16.8. The van der Waals surface area contributed by atoms with Gasteiger partial charge in [0, 0.05) is 12.4 Å². The third-order valence-electron chi connectivity index (χ3n) is 4.26. The van der Waals surface area contributed by atoms with Crippen LogP contribution in [-0.4, -0.2) is 27.4 Å². The first kappa shape index (κ1) is 17.5. The summed E-state index contributed by atoms with van der Waals surface area (Å²) in [7, 11) is 1.54. The fourth-order valence-electron chi connectivity index (χ4n) is 2.94. The Morgan fingerprint density at radius 3 is 2.46 bits per heavy atom. The van der Waals surface area contributed by atoms with Crippen molar-refractivity contribution in [3.05, 3.63) is 90.6 Å². The molecule has 0 saturated heterocycles. The van der Waals surface area contributed by atoms with E-state index >= 15 is 0 Å². The second kappa shape index (κ2) is 7.40. The Balaban J connectivity index is 1.77. The number of methoxy groups -OCH3 is 1. The van der Waals surface area contributed by atoms with Gasteiger partial charge in [-0.05, 0) is 48.5 Å². The highest BCUT2D eigenvalue weighted by molar-refractivity contribution is 6.07. The zero-order valence-corrected chi connectivity index (χ0v) is 15.0. The van der Waals surface area contributed by atoms with Crippen LogP contribution in [0.25, 0.3) is 11.5 Å². The van der Waals surface area contributed by atoms with E-state index in [9.17, 15) is 9.18 Å². The predicted octanol–water partition coefficient (Wildman–Crippen LogP) is 4.06. The first-order valence-corrected chi connectivity index (χ1v) is 8.59. The van der Waals surface area contributed by atoms with Crippen LogP contribution in [0, 0.1) is 5.82 Å². The number of halogens is 1. The maximum absolute atomic E-state index is 13.3. The lowest BCUT2D eigenvalue weighted by Gasteiger charge is -2.12. The zero-order chi connectivity index (χ0) is 19.5. The van der Waals surface area contributed by atoms with Crippen LogP contribution in [-0.2, 0) is 0 Å². The molecule has 0 bridgehead atoms. The van der Waals surface area contributed by atoms with Crippen LogP contribution in [0.2, 0.25) is 0 Å². The molecule has 2 aromatic heterocycles. The van der Waals surface area contributed by atoms with E-state index in [1.165, 1.54) is 18.3 Å². The second-order valence-corrected chi connectivity index (χ2v) is 6.01. The van der Waals surface area contributed by atoms with Crippen LogP contribution in [0.4, 0.5) is 10.1 Å². The van der Waals surface area contributed by atoms with Gasteiger partial charge in [0.2, 0.25) is 0 Å². The quantitative estimate of drug-likeness (QED) is 0.571. The fourth-order valence-corrected chi connectivity index (χ4v) is 2.94. The Hall–Kier alpha value is -3.87. The summed E-state index contributed by atoms with van der Waals surface area (Å²) < 4.78 is 22.0. The van der Waals surface area contributed by atoms with Crippen molar-refractivity contribution in [2.45, 2.75) is 0 Å². The van der Waals surface area contributed by atoms with Gasteiger partial charge in [-0.1, -0.05) is 12.1 Å². The molecule has 0 fully saturated rings. The number of amides is 1. The Kier molecular flexibility index (Phi) is 4.63. The monoisotopic (exact) mass is 376 g/mol. The Morgan fingerprint density at radius 1 is 1.04 bits per heavy atom. The molecule has 0 spiro atoms. The number of nitrogens with zero attached hydrogens (tertiary/aromatic N) is 3. The van der Waals surface area contributed by atoms with Gasteiger partial charge in [0.1, 0.15) is 17.1 Å². The summed E-state index contributed by atoms with van der Waals surface area (Å²) in [5.41, 5.74) is 1.57. The maximum atomic E-state index is 13.3. The summed E-state index contributed by atoms with van der Waals surface area (Å²) in [4.78, 5) is 13.0. The molecule has 7 heteroatoms. The van der Waals surface area contributed by atoms with Gasteiger partial charge in [0.05, 0.1) is 24.7 Å². The number of hydrogen-bond acceptors (Lipinski definition) is 3. The predicted molar refractivity (Wildman–Crippen MR) is 104 cm³/mol. The number of hydrogen-bond donors (Lipinski definition) is 1. The Morgan fingerprint density at radius 2 is 1.75 bits per heavy atom. The third-order valence-corrected chi connectivity index (χ3v) is 4.26. The van der Waals surface area contributed by atoms with Gasteiger partial charge in [0.15, 0.2) is 5.82 Å². The number of rotatable bonds is 5. The van der Waals surface area contributed by atoms with E-state index in [0.29, 0.717) is 28.5 Å². The molecule has 0 atom stereocenters. The molecule has 4 aromatic rings. The van der Waals surface area contributed by atoms with Crippen molar-refractivity contribution >= 4 is 11.6 Å². The summed E-state index contributed by atoms with van der Waals surface area (Å²) in [6.45, 7) is 0. The van der Waals surface area contributed by atoms with E-state index < -0.39 is 0 Å². The summed E-state index contributed by atoms with van der Waals surface area (Å²) in [5, 5.41) is 7.22. The SMILES string of the molecule is COc1ccccc1NC(=O)c1cnn(-c2ccc(F)cc2)c1-n1cccc1. The lowest BCUT2D eigenvalue weighted by atomic mass is 10.2. The molecule has 0 saturated carbocycles. The van der Waals surface area contributed by atoms with Gasteiger partial charge >= 0.3 is 0 Å². The highest BCUT2D eigenvalue weighted by Gasteiger charge is 2.21. The van der Waals surface area contributed by atoms with Crippen LogP contribution in [0.3, 0.4) is 0 Å². The number of para-hydroxylation sites is 2. The number of carbonyl (C=O) groups excluding carboxylic acids is 1. The molecule has 0 unspecified atom stereocenters. The number of benzene rings is 2. The first-order chi connectivity index (χ1) is 13.7. The van der Waals surface area contributed by atoms with Gasteiger partial charge < -0.3 is 14.6 Å². The molecule has 6 nitrogen and oxygen atoms in total. The van der Waals surface area contributed by atoms with Gasteiger partial charge in [0.25, 0.3) is 5.91 Å². The van der Waals surface area contributed by atoms with Crippen LogP contribution in [0.1, 0.15) is 10.4 Å². The molecule has 2 heterocycles. The summed E-state index contributed by atoms with van der Waals surface area (Å²) in [6.07, 6.45) is 5.12. The summed E-state index contributed by atoms with van der Waals surface area (Å²) >= 11 is 0. The van der Waals surface area contributed by atoms with E-state index in [1.54, 1.807) is 40.6 Å². The fraction of sp³-hybridized carbons (Fsp3) is 0.0476. The number of aromatic nitrogens is 3. The molecule has 4 rings (SSSR count). The van der Waals surface area contributed by atoms with Crippen molar-refractivity contribution in [3.8, 4) is 17.3 Å². The topological polar surface area (TPSA) is 61.1 Å². The van der Waals surface area contributed by atoms with Crippen LogP contribution >= 0.6 is 0 Å². The highest BCUT2D eigenvalue weighted by atomic mass is 19.1. The van der Waals surface area contributed by atoms with E-state index in [-0.39, 0.29) is 11.7 Å². The van der Waals surface area contributed by atoms with Gasteiger partial charge in [-0.2, -0.15) is 5.10 Å². The van der Waals surface area contributed by atoms with Crippen molar-refractivity contribution in [1.82, 2.24) is 14.3 Å². The molecule has 1 N–H and O–H groups in total. The zero-order valence-electron chi connectivity index (χ0n) is 15.0. The van der Waals surface area contributed by atoms with E-state index in [1.807, 2.05) is 36.7 Å². The Labute approximate surface area is 160 Å². The number of carbonyl (C=O) groups is 1. The van der Waals surface area contributed by atoms with Gasteiger partial charge in [-0.25, -0.2) is 9.07 Å². The smallest absolute Gasteiger partial charge is 0.261 e. The molecule has 0 aliphatic carbocycles. The van der Waals surface area contributed by atoms with Gasteiger partial charge in [-0.15, -0.1) is 0 Å². The number of anilines is 1. The lowest BCUT2D eigenvalue weighted by molar-refractivity contribution is 0.102. The molecule has 0 aliphatic rings. The van der Waals surface area contributed by atoms with Crippen LogP contribution in [0.15, 0.2) is 79.3 Å². The van der Waals surface area contributed by atoms with E-state index in [2.05, 4.69) is 10.4 Å².